The molecule has 31 heavy (non-hydrogen) atoms. The van der Waals surface area contributed by atoms with Crippen molar-refractivity contribution >= 4 is 11.7 Å². The molecule has 1 aliphatic heterocycles. The number of hydrazone groups is 1. The third-order valence-electron chi connectivity index (χ3n) is 8.43. The van der Waals surface area contributed by atoms with Crippen molar-refractivity contribution in [2.75, 3.05) is 6.54 Å². The third-order valence-corrected chi connectivity index (χ3v) is 8.43. The van der Waals surface area contributed by atoms with Crippen LogP contribution in [0.25, 0.3) is 0 Å². The highest BCUT2D eigenvalue weighted by Gasteiger charge is 2.61. The molecule has 2 bridgehead atoms. The molecule has 3 aliphatic rings. The van der Waals surface area contributed by atoms with E-state index in [1.165, 1.54) is 11.4 Å². The van der Waals surface area contributed by atoms with Gasteiger partial charge in [0.15, 0.2) is 0 Å². The molecule has 1 aromatic rings. The molecular formula is C24H32F3N3O. The normalized spacial score (nSPS) is 31.7. The molecule has 2 saturated carbocycles. The molecule has 170 valence electrons. The molecule has 2 fully saturated rings. The summed E-state index contributed by atoms with van der Waals surface area (Å²) in [7, 11) is 0. The van der Waals surface area contributed by atoms with Crippen LogP contribution >= 0.6 is 0 Å². The van der Waals surface area contributed by atoms with Crippen LogP contribution in [-0.4, -0.2) is 35.5 Å². The fourth-order valence-corrected chi connectivity index (χ4v) is 6.00. The lowest BCUT2D eigenvalue weighted by molar-refractivity contribution is -0.135. The van der Waals surface area contributed by atoms with Crippen LogP contribution < -0.4 is 5.32 Å². The van der Waals surface area contributed by atoms with Gasteiger partial charge in [-0.2, -0.15) is 18.3 Å². The Morgan fingerprint density at radius 3 is 2.52 bits per heavy atom. The maximum Gasteiger partial charge on any atom is 0.389 e. The number of fused-ring (bicyclic) bond motifs is 2. The van der Waals surface area contributed by atoms with Crippen LogP contribution in [-0.2, 0) is 0 Å². The van der Waals surface area contributed by atoms with Gasteiger partial charge in [0.1, 0.15) is 0 Å². The zero-order valence-corrected chi connectivity index (χ0v) is 18.5. The first-order chi connectivity index (χ1) is 14.5. The SMILES string of the molecule is CC1(C)C2CC[C@@]1(C)C(NC(=O)N1CC(c3ccccc3)C(CCCC(F)(F)F)=N1)C2. The predicted octanol–water partition coefficient (Wildman–Crippen LogP) is 6.10. The lowest BCUT2D eigenvalue weighted by Gasteiger charge is -2.39. The summed E-state index contributed by atoms with van der Waals surface area (Å²) in [5.74, 6) is 0.451. The lowest BCUT2D eigenvalue weighted by atomic mass is 9.69. The van der Waals surface area contributed by atoms with Crippen LogP contribution in [0.5, 0.6) is 0 Å². The summed E-state index contributed by atoms with van der Waals surface area (Å²) in [5.41, 5.74) is 1.89. The Morgan fingerprint density at radius 1 is 1.23 bits per heavy atom. The molecule has 3 unspecified atom stereocenters. The van der Waals surface area contributed by atoms with E-state index in [-0.39, 0.29) is 41.7 Å². The average molecular weight is 436 g/mol. The topological polar surface area (TPSA) is 44.7 Å². The minimum Gasteiger partial charge on any atom is -0.333 e. The Morgan fingerprint density at radius 2 is 1.94 bits per heavy atom. The second-order valence-electron chi connectivity index (χ2n) is 10.2. The fourth-order valence-electron chi connectivity index (χ4n) is 6.00. The van der Waals surface area contributed by atoms with Crippen LogP contribution in [0.3, 0.4) is 0 Å². The van der Waals surface area contributed by atoms with Crippen molar-refractivity contribution in [2.24, 2.45) is 21.8 Å². The third kappa shape index (κ3) is 4.08. The first-order valence-corrected chi connectivity index (χ1v) is 11.3. The van der Waals surface area contributed by atoms with Crippen LogP contribution in [0, 0.1) is 16.7 Å². The highest BCUT2D eigenvalue weighted by molar-refractivity contribution is 5.94. The number of amides is 2. The summed E-state index contributed by atoms with van der Waals surface area (Å²) in [4.78, 5) is 13.1. The van der Waals surface area contributed by atoms with E-state index in [4.69, 9.17) is 0 Å². The quantitative estimate of drug-likeness (QED) is 0.597. The van der Waals surface area contributed by atoms with Gasteiger partial charge in [-0.1, -0.05) is 51.1 Å². The number of hydrogen-bond donors (Lipinski definition) is 1. The Kier molecular flexibility index (Phi) is 5.59. The summed E-state index contributed by atoms with van der Waals surface area (Å²) in [6.45, 7) is 7.24. The first kappa shape index (κ1) is 22.2. The monoisotopic (exact) mass is 435 g/mol. The zero-order valence-electron chi connectivity index (χ0n) is 18.5. The van der Waals surface area contributed by atoms with E-state index in [0.717, 1.165) is 18.4 Å². The largest absolute Gasteiger partial charge is 0.389 e. The van der Waals surface area contributed by atoms with Crippen molar-refractivity contribution in [2.45, 2.75) is 77.4 Å². The molecule has 0 spiro atoms. The van der Waals surface area contributed by atoms with Crippen molar-refractivity contribution < 1.29 is 18.0 Å². The van der Waals surface area contributed by atoms with Crippen LogP contribution in [0.1, 0.15) is 70.8 Å². The van der Waals surface area contributed by atoms with Gasteiger partial charge < -0.3 is 5.32 Å². The standard InChI is InChI=1S/C24H32F3N3O/c1-22(2)17-11-13-23(22,3)20(14-17)28-21(31)30-15-18(16-8-5-4-6-9-16)19(29-30)10-7-12-24(25,26)27/h4-6,8-9,17-18,20H,7,10-15H2,1-3H3,(H,28,31)/t17?,18?,20?,23-/m0/s1. The fraction of sp³-hybridized carbons (Fsp3) is 0.667. The molecule has 2 aliphatic carbocycles. The van der Waals surface area contributed by atoms with Gasteiger partial charge in [0, 0.05) is 24.1 Å². The Labute approximate surface area is 182 Å². The molecule has 7 heteroatoms. The molecular weight excluding hydrogens is 403 g/mol. The van der Waals surface area contributed by atoms with Gasteiger partial charge in [-0.15, -0.1) is 0 Å². The molecule has 4 rings (SSSR count). The number of nitrogens with zero attached hydrogens (tertiary/aromatic N) is 2. The molecule has 0 radical (unpaired) electrons. The number of nitrogens with one attached hydrogen (secondary N) is 1. The highest BCUT2D eigenvalue weighted by atomic mass is 19.4. The molecule has 1 N–H and O–H groups in total. The smallest absolute Gasteiger partial charge is 0.333 e. The van der Waals surface area contributed by atoms with E-state index >= 15 is 0 Å². The molecule has 1 aromatic carbocycles. The molecule has 1 heterocycles. The molecule has 0 saturated heterocycles. The van der Waals surface area contributed by atoms with E-state index in [1.54, 1.807) is 0 Å². The van der Waals surface area contributed by atoms with Crippen LogP contribution in [0.15, 0.2) is 35.4 Å². The number of carbonyl (C=O) groups excluding carboxylic acids is 1. The van der Waals surface area contributed by atoms with E-state index in [9.17, 15) is 18.0 Å². The minimum atomic E-state index is -4.18. The number of halogens is 3. The second kappa shape index (κ2) is 7.82. The molecule has 0 aromatic heterocycles. The number of hydrogen-bond acceptors (Lipinski definition) is 2. The number of benzene rings is 1. The number of carbonyl (C=O) groups is 1. The maximum absolute atomic E-state index is 13.1. The van der Waals surface area contributed by atoms with Crippen molar-refractivity contribution in [3.8, 4) is 0 Å². The Bertz CT molecular complexity index is 851. The number of alkyl halides is 3. The predicted molar refractivity (Wildman–Crippen MR) is 115 cm³/mol. The summed E-state index contributed by atoms with van der Waals surface area (Å²) >= 11 is 0. The van der Waals surface area contributed by atoms with E-state index in [1.807, 2.05) is 30.3 Å². The summed E-state index contributed by atoms with van der Waals surface area (Å²) in [5, 5.41) is 9.15. The van der Waals surface area contributed by atoms with Gasteiger partial charge in [-0.3, -0.25) is 0 Å². The van der Waals surface area contributed by atoms with E-state index < -0.39 is 12.6 Å². The zero-order chi connectivity index (χ0) is 22.4. The van der Waals surface area contributed by atoms with Crippen molar-refractivity contribution in [3.05, 3.63) is 35.9 Å². The van der Waals surface area contributed by atoms with E-state index in [2.05, 4.69) is 31.2 Å². The number of rotatable bonds is 5. The maximum atomic E-state index is 13.1. The second-order valence-corrected chi connectivity index (χ2v) is 10.2. The Balaban J connectivity index is 1.47. The van der Waals surface area contributed by atoms with E-state index in [0.29, 0.717) is 18.2 Å². The van der Waals surface area contributed by atoms with Gasteiger partial charge in [-0.05, 0) is 54.4 Å². The highest BCUT2D eigenvalue weighted by Crippen LogP contribution is 2.65. The van der Waals surface area contributed by atoms with Crippen molar-refractivity contribution in [1.29, 1.82) is 0 Å². The molecule has 4 nitrogen and oxygen atoms in total. The van der Waals surface area contributed by atoms with Crippen molar-refractivity contribution in [1.82, 2.24) is 10.3 Å². The van der Waals surface area contributed by atoms with Gasteiger partial charge in [0.2, 0.25) is 0 Å². The number of urea groups is 1. The molecule has 2 amide bonds. The van der Waals surface area contributed by atoms with Crippen molar-refractivity contribution in [3.63, 3.8) is 0 Å². The first-order valence-electron chi connectivity index (χ1n) is 11.3. The summed E-state index contributed by atoms with van der Waals surface area (Å²) in [6.07, 6.45) is -1.51. The minimum absolute atomic E-state index is 0.0162. The van der Waals surface area contributed by atoms with Gasteiger partial charge >= 0.3 is 12.2 Å². The summed E-state index contributed by atoms with van der Waals surface area (Å²) < 4.78 is 37.9. The van der Waals surface area contributed by atoms with Crippen LogP contribution in [0.4, 0.5) is 18.0 Å². The van der Waals surface area contributed by atoms with Gasteiger partial charge in [0.25, 0.3) is 0 Å². The lowest BCUT2D eigenvalue weighted by Crippen LogP contribution is -2.50. The van der Waals surface area contributed by atoms with Gasteiger partial charge in [-0.25, -0.2) is 9.80 Å². The average Bonchev–Trinajstić information content (AvgIpc) is 3.27. The van der Waals surface area contributed by atoms with Crippen LogP contribution in [0.2, 0.25) is 0 Å². The Hall–Kier alpha value is -2.05. The molecule has 4 atom stereocenters. The van der Waals surface area contributed by atoms with Gasteiger partial charge in [0.05, 0.1) is 6.54 Å². The summed E-state index contributed by atoms with van der Waals surface area (Å²) in [6, 6.07) is 9.49.